The molecule has 36 heavy (non-hydrogen) atoms. The maximum absolute atomic E-state index is 9.42. The topological polar surface area (TPSA) is 75.6 Å². The lowest BCUT2D eigenvalue weighted by Crippen LogP contribution is -2.67. The van der Waals surface area contributed by atoms with Gasteiger partial charge in [0.05, 0.1) is 0 Å². The molecule has 1 N–H and O–H groups in total. The van der Waals surface area contributed by atoms with Crippen LogP contribution in [0.5, 0.6) is 0 Å². The smallest absolute Gasteiger partial charge is 0.115 e. The number of hydrogen-bond donors (Lipinski definition) is 1. The van der Waals surface area contributed by atoms with E-state index in [4.69, 9.17) is 28.4 Å². The van der Waals surface area contributed by atoms with Crippen molar-refractivity contribution >= 4 is 0 Å². The predicted octanol–water partition coefficient (Wildman–Crippen LogP) is 5.69. The van der Waals surface area contributed by atoms with Crippen LogP contribution in [0.4, 0.5) is 0 Å². The number of aliphatic hydroxyl groups is 1. The van der Waals surface area contributed by atoms with Crippen LogP contribution >= 0.6 is 0 Å². The van der Waals surface area contributed by atoms with E-state index in [1.54, 1.807) is 0 Å². The third-order valence-electron chi connectivity index (χ3n) is 6.60. The summed E-state index contributed by atoms with van der Waals surface area (Å²) in [4.78, 5) is 0. The lowest BCUT2D eigenvalue weighted by atomic mass is 9.83. The fourth-order valence-electron chi connectivity index (χ4n) is 4.36. The second-order valence-corrected chi connectivity index (χ2v) is 9.86. The van der Waals surface area contributed by atoms with Gasteiger partial charge in [0.15, 0.2) is 0 Å². The van der Waals surface area contributed by atoms with Crippen LogP contribution in [0, 0.1) is 0 Å². The van der Waals surface area contributed by atoms with E-state index in [1.807, 2.05) is 0 Å². The van der Waals surface area contributed by atoms with Gasteiger partial charge in [-0.3, -0.25) is 0 Å². The first-order valence-electron chi connectivity index (χ1n) is 15.0. The summed E-state index contributed by atoms with van der Waals surface area (Å²) in [6, 6.07) is 0. The Morgan fingerprint density at radius 3 is 0.722 bits per heavy atom. The van der Waals surface area contributed by atoms with Gasteiger partial charge in [-0.25, -0.2) is 0 Å². The third-order valence-corrected chi connectivity index (χ3v) is 6.60. The molecule has 7 nitrogen and oxygen atoms in total. The van der Waals surface area contributed by atoms with Gasteiger partial charge in [0.2, 0.25) is 0 Å². The van der Waals surface area contributed by atoms with Crippen LogP contribution in [0.15, 0.2) is 0 Å². The van der Waals surface area contributed by atoms with E-state index in [2.05, 4.69) is 34.6 Å². The molecule has 1 fully saturated rings. The van der Waals surface area contributed by atoms with Gasteiger partial charge >= 0.3 is 0 Å². The van der Waals surface area contributed by atoms with Crippen molar-refractivity contribution in [2.24, 2.45) is 0 Å². The molecular weight excluding hydrogens is 460 g/mol. The normalized spacial score (nSPS) is 26.5. The van der Waals surface area contributed by atoms with Gasteiger partial charge < -0.3 is 33.5 Å². The highest BCUT2D eigenvalue weighted by Gasteiger charge is 2.54. The second-order valence-electron chi connectivity index (χ2n) is 9.86. The molecule has 0 aromatic rings. The van der Waals surface area contributed by atoms with E-state index in [1.165, 1.54) is 0 Å². The molecule has 1 saturated carbocycles. The average Bonchev–Trinajstić information content (AvgIpc) is 2.88. The van der Waals surface area contributed by atoms with Crippen molar-refractivity contribution in [1.82, 2.24) is 0 Å². The van der Waals surface area contributed by atoms with Crippen molar-refractivity contribution < 1.29 is 33.5 Å². The minimum Gasteiger partial charge on any atom is -0.396 e. The van der Waals surface area contributed by atoms with E-state index < -0.39 is 0 Å². The Hall–Kier alpha value is -0.280. The summed E-state index contributed by atoms with van der Waals surface area (Å²) in [6.07, 6.45) is 8.86. The minimum absolute atomic E-state index is 0.0883. The van der Waals surface area contributed by atoms with Crippen LogP contribution in [0.1, 0.15) is 105 Å². The SMILES string of the molecule is CCCCOC1C(OCCCC)[C@@H](OCCCO)[C@@H](OCCCC)C(OCCCC)[C@H]1OCCCC. The van der Waals surface area contributed by atoms with Crippen molar-refractivity contribution in [3.8, 4) is 0 Å². The zero-order valence-corrected chi connectivity index (χ0v) is 24.1. The van der Waals surface area contributed by atoms with Crippen molar-refractivity contribution in [3.05, 3.63) is 0 Å². The van der Waals surface area contributed by atoms with Crippen LogP contribution in [0.25, 0.3) is 0 Å². The average molecular weight is 519 g/mol. The number of ether oxygens (including phenoxy) is 6. The molecule has 0 bridgehead atoms. The van der Waals surface area contributed by atoms with Crippen LogP contribution in [0.3, 0.4) is 0 Å². The second kappa shape index (κ2) is 22.7. The van der Waals surface area contributed by atoms with Crippen LogP contribution in [0.2, 0.25) is 0 Å². The Kier molecular flexibility index (Phi) is 21.3. The molecule has 1 rings (SSSR count). The Balaban J connectivity index is 3.37. The molecule has 0 aliphatic heterocycles. The molecule has 1 aliphatic rings. The van der Waals surface area contributed by atoms with Crippen molar-refractivity contribution in [1.29, 1.82) is 0 Å². The first-order valence-corrected chi connectivity index (χ1v) is 15.0. The molecule has 7 heteroatoms. The molecule has 0 aromatic heterocycles. The quantitative estimate of drug-likeness (QED) is 0.164. The van der Waals surface area contributed by atoms with Gasteiger partial charge in [0.25, 0.3) is 0 Å². The van der Waals surface area contributed by atoms with E-state index >= 15 is 0 Å². The van der Waals surface area contributed by atoms with E-state index in [0.717, 1.165) is 64.2 Å². The molecule has 0 aromatic carbocycles. The Bertz CT molecular complexity index is 358. The highest BCUT2D eigenvalue weighted by Crippen LogP contribution is 2.34. The number of hydrogen-bond acceptors (Lipinski definition) is 7. The molecular formula is C29H58O7. The van der Waals surface area contributed by atoms with E-state index in [-0.39, 0.29) is 43.2 Å². The zero-order valence-electron chi connectivity index (χ0n) is 24.1. The number of aliphatic hydroxyl groups excluding tert-OH is 1. The first kappa shape index (κ1) is 33.7. The molecule has 0 amide bonds. The van der Waals surface area contributed by atoms with Gasteiger partial charge in [0, 0.05) is 46.2 Å². The summed E-state index contributed by atoms with van der Waals surface area (Å²) in [5.74, 6) is 0. The highest BCUT2D eigenvalue weighted by atomic mass is 16.6. The lowest BCUT2D eigenvalue weighted by Gasteiger charge is -2.50. The van der Waals surface area contributed by atoms with Crippen LogP contribution in [-0.4, -0.2) is 88.0 Å². The summed E-state index contributed by atoms with van der Waals surface area (Å²) in [5, 5.41) is 9.42. The molecule has 6 atom stereocenters. The van der Waals surface area contributed by atoms with E-state index in [0.29, 0.717) is 46.1 Å². The van der Waals surface area contributed by atoms with Crippen molar-refractivity contribution in [3.63, 3.8) is 0 Å². The fraction of sp³-hybridized carbons (Fsp3) is 1.00. The minimum atomic E-state index is -0.352. The predicted molar refractivity (Wildman–Crippen MR) is 145 cm³/mol. The molecule has 0 heterocycles. The van der Waals surface area contributed by atoms with Crippen LogP contribution in [-0.2, 0) is 28.4 Å². The first-order chi connectivity index (χ1) is 17.7. The standard InChI is InChI=1S/C29H58O7/c1-6-11-18-31-24-25(32-19-12-7-2)27(34-21-14-9-4)29(36-23-16-17-30)28(35-22-15-10-5)26(24)33-20-13-8-3/h24-30H,6-23H2,1-5H3/t24-,25?,26?,27+,28?,29+/m1/s1. The molecule has 0 saturated heterocycles. The van der Waals surface area contributed by atoms with Gasteiger partial charge in [0.1, 0.15) is 36.6 Å². The Morgan fingerprint density at radius 2 is 0.556 bits per heavy atom. The van der Waals surface area contributed by atoms with Gasteiger partial charge in [-0.15, -0.1) is 0 Å². The van der Waals surface area contributed by atoms with Gasteiger partial charge in [-0.2, -0.15) is 0 Å². The summed E-state index contributed by atoms with van der Waals surface area (Å²) < 4.78 is 39.1. The Morgan fingerprint density at radius 1 is 0.361 bits per heavy atom. The largest absolute Gasteiger partial charge is 0.396 e. The van der Waals surface area contributed by atoms with Crippen LogP contribution < -0.4 is 0 Å². The summed E-state index contributed by atoms with van der Waals surface area (Å²) in [7, 11) is 0. The van der Waals surface area contributed by atoms with Gasteiger partial charge in [-0.05, 0) is 38.5 Å². The third kappa shape index (κ3) is 12.5. The van der Waals surface area contributed by atoms with Crippen molar-refractivity contribution in [2.45, 2.75) is 142 Å². The molecule has 3 unspecified atom stereocenters. The molecule has 1 aliphatic carbocycles. The molecule has 216 valence electrons. The van der Waals surface area contributed by atoms with Crippen molar-refractivity contribution in [2.75, 3.05) is 46.2 Å². The van der Waals surface area contributed by atoms with Gasteiger partial charge in [-0.1, -0.05) is 66.7 Å². The maximum Gasteiger partial charge on any atom is 0.115 e. The van der Waals surface area contributed by atoms with E-state index in [9.17, 15) is 5.11 Å². The zero-order chi connectivity index (χ0) is 26.4. The Labute approximate surface area is 221 Å². The highest BCUT2D eigenvalue weighted by molar-refractivity contribution is 5.04. The fourth-order valence-corrected chi connectivity index (χ4v) is 4.36. The molecule has 0 radical (unpaired) electrons. The molecule has 0 spiro atoms. The summed E-state index contributed by atoms with van der Waals surface area (Å²) in [6.45, 7) is 14.6. The lowest BCUT2D eigenvalue weighted by molar-refractivity contribution is -0.282. The summed E-state index contributed by atoms with van der Waals surface area (Å²) >= 11 is 0. The number of rotatable bonds is 24. The monoisotopic (exact) mass is 518 g/mol. The summed E-state index contributed by atoms with van der Waals surface area (Å²) in [5.41, 5.74) is 0. The number of unbranched alkanes of at least 4 members (excludes halogenated alkanes) is 5. The maximum atomic E-state index is 9.42.